The molecule has 1 aliphatic rings. The molecule has 1 aliphatic heterocycles. The van der Waals surface area contributed by atoms with Crippen molar-refractivity contribution >= 4 is 23.0 Å². The molecule has 5 N–H and O–H groups in total. The van der Waals surface area contributed by atoms with E-state index in [-0.39, 0.29) is 11.3 Å². The van der Waals surface area contributed by atoms with Gasteiger partial charge in [-0.1, -0.05) is 19.9 Å². The van der Waals surface area contributed by atoms with Gasteiger partial charge in [-0.25, -0.2) is 5.43 Å². The van der Waals surface area contributed by atoms with E-state index in [1.54, 1.807) is 12.1 Å². The van der Waals surface area contributed by atoms with E-state index < -0.39 is 0 Å². The third kappa shape index (κ3) is 2.08. The number of hydrogen-bond donors (Lipinski definition) is 3. The summed E-state index contributed by atoms with van der Waals surface area (Å²) >= 11 is 0. The Balaban J connectivity index is 2.45. The molecule has 0 aliphatic carbocycles. The van der Waals surface area contributed by atoms with E-state index in [4.69, 9.17) is 11.5 Å². The highest BCUT2D eigenvalue weighted by atomic mass is 16.2. The fourth-order valence-corrected chi connectivity index (χ4v) is 1.97. The second-order valence-corrected chi connectivity index (χ2v) is 4.90. The van der Waals surface area contributed by atoms with Gasteiger partial charge in [0.1, 0.15) is 0 Å². The molecule has 0 fully saturated rings. The minimum atomic E-state index is -0.301. The highest BCUT2D eigenvalue weighted by Crippen LogP contribution is 2.30. The van der Waals surface area contributed by atoms with Crippen molar-refractivity contribution in [2.45, 2.75) is 20.3 Å². The number of nitrogen functional groups attached to an aromatic ring is 2. The third-order valence-corrected chi connectivity index (χ3v) is 2.90. The summed E-state index contributed by atoms with van der Waals surface area (Å²) in [7, 11) is 0. The number of nitrogens with zero attached hydrogens (tertiary/aromatic N) is 1. The maximum atomic E-state index is 11.3. The lowest BCUT2D eigenvalue weighted by Crippen LogP contribution is -2.39. The van der Waals surface area contributed by atoms with Gasteiger partial charge in [0.15, 0.2) is 0 Å². The summed E-state index contributed by atoms with van der Waals surface area (Å²) in [6.07, 6.45) is 0.413. The molecule has 1 aromatic carbocycles. The van der Waals surface area contributed by atoms with Gasteiger partial charge in [0.2, 0.25) is 5.91 Å². The van der Waals surface area contributed by atoms with Crippen LogP contribution in [-0.2, 0) is 4.79 Å². The summed E-state index contributed by atoms with van der Waals surface area (Å²) in [5, 5.41) is 4.13. The Labute approximate surface area is 99.9 Å². The number of benzene rings is 1. The summed E-state index contributed by atoms with van der Waals surface area (Å²) in [6, 6.07) is 5.40. The third-order valence-electron chi connectivity index (χ3n) is 2.90. The predicted molar refractivity (Wildman–Crippen MR) is 68.3 cm³/mol. The fourth-order valence-electron chi connectivity index (χ4n) is 1.97. The minimum absolute atomic E-state index is 0.0674. The van der Waals surface area contributed by atoms with Crippen LogP contribution in [0.15, 0.2) is 23.3 Å². The van der Waals surface area contributed by atoms with Gasteiger partial charge in [0.25, 0.3) is 0 Å². The minimum Gasteiger partial charge on any atom is -0.397 e. The summed E-state index contributed by atoms with van der Waals surface area (Å²) in [6.45, 7) is 3.97. The van der Waals surface area contributed by atoms with Crippen molar-refractivity contribution < 1.29 is 4.79 Å². The second kappa shape index (κ2) is 3.76. The molecule has 5 nitrogen and oxygen atoms in total. The highest BCUT2D eigenvalue weighted by molar-refractivity contribution is 6.08. The summed E-state index contributed by atoms with van der Waals surface area (Å²) in [5.41, 5.74) is 16.4. The summed E-state index contributed by atoms with van der Waals surface area (Å²) < 4.78 is 0. The molecular weight excluding hydrogens is 216 g/mol. The van der Waals surface area contributed by atoms with Gasteiger partial charge in [0, 0.05) is 17.4 Å². The molecule has 5 heteroatoms. The Morgan fingerprint density at radius 2 is 2.00 bits per heavy atom. The molecular formula is C12H16N4O. The smallest absolute Gasteiger partial charge is 0.241 e. The molecule has 1 aromatic rings. The van der Waals surface area contributed by atoms with Crippen LogP contribution in [-0.4, -0.2) is 11.6 Å². The zero-order valence-corrected chi connectivity index (χ0v) is 9.95. The molecule has 0 saturated heterocycles. The number of carbonyl (C=O) groups excluding carboxylic acids is 1. The average Bonchev–Trinajstić information content (AvgIpc) is 2.21. The van der Waals surface area contributed by atoms with Crippen LogP contribution in [0.25, 0.3) is 0 Å². The average molecular weight is 232 g/mol. The van der Waals surface area contributed by atoms with Crippen LogP contribution in [0, 0.1) is 5.41 Å². The maximum Gasteiger partial charge on any atom is 0.241 e. The Kier molecular flexibility index (Phi) is 2.53. The van der Waals surface area contributed by atoms with E-state index in [1.165, 1.54) is 0 Å². The van der Waals surface area contributed by atoms with Crippen molar-refractivity contribution in [1.29, 1.82) is 0 Å². The predicted octanol–water partition coefficient (Wildman–Crippen LogP) is 1.10. The lowest BCUT2D eigenvalue weighted by atomic mass is 9.79. The molecule has 0 bridgehead atoms. The van der Waals surface area contributed by atoms with Crippen LogP contribution in [0.5, 0.6) is 0 Å². The topological polar surface area (TPSA) is 93.5 Å². The van der Waals surface area contributed by atoms with Crippen molar-refractivity contribution in [2.75, 3.05) is 11.5 Å². The largest absolute Gasteiger partial charge is 0.397 e. The molecule has 0 radical (unpaired) electrons. The molecule has 2 rings (SSSR count). The lowest BCUT2D eigenvalue weighted by molar-refractivity contribution is -0.122. The first kappa shape index (κ1) is 11.4. The molecule has 0 atom stereocenters. The van der Waals surface area contributed by atoms with Gasteiger partial charge in [0.05, 0.1) is 17.1 Å². The van der Waals surface area contributed by atoms with Crippen molar-refractivity contribution in [1.82, 2.24) is 5.43 Å². The Hall–Kier alpha value is -2.04. The highest BCUT2D eigenvalue weighted by Gasteiger charge is 2.32. The van der Waals surface area contributed by atoms with Gasteiger partial charge >= 0.3 is 0 Å². The number of amides is 1. The zero-order valence-electron chi connectivity index (χ0n) is 9.95. The van der Waals surface area contributed by atoms with Gasteiger partial charge < -0.3 is 11.5 Å². The summed E-state index contributed by atoms with van der Waals surface area (Å²) in [5.74, 6) is -0.0674. The Morgan fingerprint density at radius 3 is 2.59 bits per heavy atom. The molecule has 1 amide bonds. The first-order valence-electron chi connectivity index (χ1n) is 5.42. The number of nitrogens with two attached hydrogens (primary N) is 2. The van der Waals surface area contributed by atoms with E-state index in [9.17, 15) is 4.79 Å². The van der Waals surface area contributed by atoms with Crippen LogP contribution < -0.4 is 16.9 Å². The fraction of sp³-hybridized carbons (Fsp3) is 0.333. The van der Waals surface area contributed by atoms with E-state index in [0.717, 1.165) is 11.3 Å². The van der Waals surface area contributed by atoms with Crippen LogP contribution >= 0.6 is 0 Å². The molecule has 0 spiro atoms. The van der Waals surface area contributed by atoms with Crippen molar-refractivity contribution in [3.63, 3.8) is 0 Å². The quantitative estimate of drug-likeness (QED) is 0.633. The molecule has 17 heavy (non-hydrogen) atoms. The number of nitrogens with one attached hydrogen (secondary N) is 1. The number of hydrogen-bond acceptors (Lipinski definition) is 4. The van der Waals surface area contributed by atoms with E-state index in [0.29, 0.717) is 17.8 Å². The van der Waals surface area contributed by atoms with Gasteiger partial charge in [-0.05, 0) is 12.1 Å². The molecule has 0 saturated carbocycles. The monoisotopic (exact) mass is 232 g/mol. The number of anilines is 2. The molecule has 0 aromatic heterocycles. The lowest BCUT2D eigenvalue weighted by Gasteiger charge is -2.29. The van der Waals surface area contributed by atoms with Crippen LogP contribution in [0.2, 0.25) is 0 Å². The number of hydrazone groups is 1. The van der Waals surface area contributed by atoms with E-state index in [2.05, 4.69) is 10.5 Å². The van der Waals surface area contributed by atoms with E-state index in [1.807, 2.05) is 19.9 Å². The van der Waals surface area contributed by atoms with Crippen LogP contribution in [0.4, 0.5) is 11.4 Å². The first-order chi connectivity index (χ1) is 7.90. The normalized spacial score (nSPS) is 18.5. The van der Waals surface area contributed by atoms with Crippen molar-refractivity contribution in [3.8, 4) is 0 Å². The first-order valence-corrected chi connectivity index (χ1v) is 5.42. The summed E-state index contributed by atoms with van der Waals surface area (Å²) in [4.78, 5) is 11.3. The Morgan fingerprint density at radius 1 is 1.29 bits per heavy atom. The molecule has 0 unspecified atom stereocenters. The van der Waals surface area contributed by atoms with Crippen molar-refractivity contribution in [3.05, 3.63) is 23.8 Å². The number of rotatable bonds is 1. The van der Waals surface area contributed by atoms with Crippen molar-refractivity contribution in [2.24, 2.45) is 10.5 Å². The zero-order chi connectivity index (χ0) is 12.6. The molecule has 1 heterocycles. The Bertz CT molecular complexity index is 505. The van der Waals surface area contributed by atoms with E-state index >= 15 is 0 Å². The van der Waals surface area contributed by atoms with Gasteiger partial charge in [-0.2, -0.15) is 5.10 Å². The molecule has 90 valence electrons. The van der Waals surface area contributed by atoms with Crippen LogP contribution in [0.1, 0.15) is 25.8 Å². The maximum absolute atomic E-state index is 11.3. The second-order valence-electron chi connectivity index (χ2n) is 4.90. The standard InChI is InChI=1S/C12H16N4O/c1-12(2)6-10(17)15-16-11(12)7-3-4-8(13)9(14)5-7/h3-5H,6,13-14H2,1-2H3,(H,15,17). The van der Waals surface area contributed by atoms with Crippen LogP contribution in [0.3, 0.4) is 0 Å². The SMILES string of the molecule is CC1(C)CC(=O)NN=C1c1ccc(N)c(N)c1. The van der Waals surface area contributed by atoms with Gasteiger partial charge in [-0.3, -0.25) is 4.79 Å². The number of carbonyl (C=O) groups is 1. The van der Waals surface area contributed by atoms with Gasteiger partial charge in [-0.15, -0.1) is 0 Å².